The van der Waals surface area contributed by atoms with Crippen LogP contribution in [0.25, 0.3) is 0 Å². The van der Waals surface area contributed by atoms with Gasteiger partial charge in [0.1, 0.15) is 0 Å². The Balaban J connectivity index is 2.95. The first-order valence-corrected chi connectivity index (χ1v) is 8.95. The minimum absolute atomic E-state index is 0.557. The van der Waals surface area contributed by atoms with Crippen molar-refractivity contribution in [1.82, 2.24) is 0 Å². The molecule has 0 atom stereocenters. The average molecular weight is 252 g/mol. The molecule has 0 saturated heterocycles. The summed E-state index contributed by atoms with van der Waals surface area (Å²) in [6.07, 6.45) is 0. The molecule has 96 valence electrons. The quantitative estimate of drug-likeness (QED) is 0.835. The molecule has 0 aliphatic rings. The highest BCUT2D eigenvalue weighted by molar-refractivity contribution is 6.84. The minimum atomic E-state index is -1.98. The van der Waals surface area contributed by atoms with Gasteiger partial charge in [0, 0.05) is 0 Å². The Morgan fingerprint density at radius 2 is 1.47 bits per heavy atom. The fraction of sp³-hybridized carbons (Fsp3) is 0.571. The summed E-state index contributed by atoms with van der Waals surface area (Å²) < 4.78 is 6.26. The molecule has 0 aromatic heterocycles. The van der Waals surface area contributed by atoms with Gasteiger partial charge in [-0.15, -0.1) is 0 Å². The Morgan fingerprint density at radius 1 is 1.00 bits per heavy atom. The van der Waals surface area contributed by atoms with E-state index >= 15 is 0 Å². The van der Waals surface area contributed by atoms with Gasteiger partial charge in [0.15, 0.2) is 0 Å². The molecule has 0 radical (unpaired) electrons. The molecule has 1 aromatic rings. The van der Waals surface area contributed by atoms with E-state index in [1.165, 1.54) is 5.19 Å². The molecular formula is C14H24O2Si. The van der Waals surface area contributed by atoms with E-state index in [-0.39, 0.29) is 0 Å². The minimum Gasteiger partial charge on any atom is -0.405 e. The van der Waals surface area contributed by atoms with E-state index in [1.54, 1.807) is 13.8 Å². The second kappa shape index (κ2) is 4.56. The van der Waals surface area contributed by atoms with Gasteiger partial charge in [-0.3, -0.25) is 0 Å². The first kappa shape index (κ1) is 14.4. The normalized spacial score (nSPS) is 13.8. The van der Waals surface area contributed by atoms with Gasteiger partial charge in [-0.05, 0) is 46.0 Å². The highest BCUT2D eigenvalue weighted by atomic mass is 28.4. The summed E-state index contributed by atoms with van der Waals surface area (Å²) in [6, 6.07) is 10.3. The number of benzene rings is 1. The summed E-state index contributed by atoms with van der Waals surface area (Å²) in [6.45, 7) is 11.8. The molecule has 1 N–H and O–H groups in total. The standard InChI is InChI=1S/C14H24O2Si/c1-13(2,15)14(3,4)16-17(5,6)12-10-8-7-9-11-12/h7-11,15H,1-6H3. The summed E-state index contributed by atoms with van der Waals surface area (Å²) in [5.41, 5.74) is -1.41. The van der Waals surface area contributed by atoms with Crippen molar-refractivity contribution >= 4 is 13.5 Å². The van der Waals surface area contributed by atoms with Gasteiger partial charge >= 0.3 is 0 Å². The maximum absolute atomic E-state index is 10.2. The maximum Gasteiger partial charge on any atom is 0.219 e. The number of aliphatic hydroxyl groups is 1. The fourth-order valence-corrected chi connectivity index (χ4v) is 4.30. The first-order valence-electron chi connectivity index (χ1n) is 6.04. The molecule has 1 rings (SSSR count). The van der Waals surface area contributed by atoms with Gasteiger partial charge in [0.2, 0.25) is 8.32 Å². The SMILES string of the molecule is CC(C)(O)C(C)(C)O[Si](C)(C)c1ccccc1. The predicted octanol–water partition coefficient (Wildman–Crippen LogP) is 2.66. The van der Waals surface area contributed by atoms with E-state index in [2.05, 4.69) is 25.2 Å². The Morgan fingerprint density at radius 3 is 1.88 bits per heavy atom. The number of rotatable bonds is 4. The van der Waals surface area contributed by atoms with E-state index in [9.17, 15) is 5.11 Å². The molecular weight excluding hydrogens is 228 g/mol. The number of hydrogen-bond acceptors (Lipinski definition) is 2. The zero-order chi connectivity index (χ0) is 13.3. The smallest absolute Gasteiger partial charge is 0.219 e. The molecule has 0 heterocycles. The largest absolute Gasteiger partial charge is 0.405 e. The van der Waals surface area contributed by atoms with Gasteiger partial charge in [0.05, 0.1) is 11.2 Å². The lowest BCUT2D eigenvalue weighted by Gasteiger charge is -2.43. The molecule has 0 saturated carbocycles. The average Bonchev–Trinajstić information content (AvgIpc) is 2.15. The van der Waals surface area contributed by atoms with Crippen LogP contribution in [0.15, 0.2) is 30.3 Å². The Bertz CT molecular complexity index is 364. The Hall–Kier alpha value is -0.643. The molecule has 0 amide bonds. The zero-order valence-electron chi connectivity index (χ0n) is 11.7. The van der Waals surface area contributed by atoms with Gasteiger partial charge in [-0.1, -0.05) is 30.3 Å². The summed E-state index contributed by atoms with van der Waals surface area (Å²) in [5, 5.41) is 11.4. The van der Waals surface area contributed by atoms with Crippen LogP contribution in [0.4, 0.5) is 0 Å². The number of hydrogen-bond donors (Lipinski definition) is 1. The third kappa shape index (κ3) is 3.41. The summed E-state index contributed by atoms with van der Waals surface area (Å²) in [5.74, 6) is 0. The Labute approximate surface area is 106 Å². The summed E-state index contributed by atoms with van der Waals surface area (Å²) >= 11 is 0. The lowest BCUT2D eigenvalue weighted by molar-refractivity contribution is -0.0947. The van der Waals surface area contributed by atoms with E-state index < -0.39 is 19.5 Å². The van der Waals surface area contributed by atoms with Gasteiger partial charge in [-0.25, -0.2) is 0 Å². The van der Waals surface area contributed by atoms with E-state index in [0.717, 1.165) is 0 Å². The van der Waals surface area contributed by atoms with Crippen LogP contribution in [-0.4, -0.2) is 24.6 Å². The van der Waals surface area contributed by atoms with Crippen molar-refractivity contribution in [2.24, 2.45) is 0 Å². The van der Waals surface area contributed by atoms with E-state index in [4.69, 9.17) is 4.43 Å². The molecule has 0 bridgehead atoms. The van der Waals surface area contributed by atoms with Crippen molar-refractivity contribution in [3.8, 4) is 0 Å². The van der Waals surface area contributed by atoms with Crippen molar-refractivity contribution in [2.45, 2.75) is 52.0 Å². The first-order chi connectivity index (χ1) is 7.56. The topological polar surface area (TPSA) is 29.5 Å². The van der Waals surface area contributed by atoms with Gasteiger partial charge in [-0.2, -0.15) is 0 Å². The second-order valence-electron chi connectivity index (χ2n) is 6.05. The molecule has 0 spiro atoms. The van der Waals surface area contributed by atoms with Crippen molar-refractivity contribution in [2.75, 3.05) is 0 Å². The van der Waals surface area contributed by atoms with Crippen molar-refractivity contribution in [1.29, 1.82) is 0 Å². The third-order valence-corrected chi connectivity index (χ3v) is 6.20. The predicted molar refractivity (Wildman–Crippen MR) is 75.0 cm³/mol. The Kier molecular flexibility index (Phi) is 3.86. The van der Waals surface area contributed by atoms with Crippen LogP contribution in [0.3, 0.4) is 0 Å². The monoisotopic (exact) mass is 252 g/mol. The molecule has 0 unspecified atom stereocenters. The van der Waals surface area contributed by atoms with Crippen molar-refractivity contribution < 1.29 is 9.53 Å². The molecule has 2 nitrogen and oxygen atoms in total. The van der Waals surface area contributed by atoms with E-state index in [0.29, 0.717) is 0 Å². The van der Waals surface area contributed by atoms with Crippen LogP contribution < -0.4 is 5.19 Å². The molecule has 17 heavy (non-hydrogen) atoms. The fourth-order valence-electron chi connectivity index (χ4n) is 1.66. The lowest BCUT2D eigenvalue weighted by Crippen LogP contribution is -2.57. The van der Waals surface area contributed by atoms with Crippen LogP contribution in [0.1, 0.15) is 27.7 Å². The van der Waals surface area contributed by atoms with Crippen LogP contribution in [0.2, 0.25) is 13.1 Å². The van der Waals surface area contributed by atoms with Crippen LogP contribution in [0, 0.1) is 0 Å². The molecule has 0 aliphatic heterocycles. The van der Waals surface area contributed by atoms with Crippen LogP contribution in [-0.2, 0) is 4.43 Å². The van der Waals surface area contributed by atoms with Gasteiger partial charge in [0.25, 0.3) is 0 Å². The maximum atomic E-state index is 10.2. The molecule has 0 aliphatic carbocycles. The van der Waals surface area contributed by atoms with Gasteiger partial charge < -0.3 is 9.53 Å². The van der Waals surface area contributed by atoms with Crippen LogP contribution >= 0.6 is 0 Å². The highest BCUT2D eigenvalue weighted by Gasteiger charge is 2.41. The molecule has 3 heteroatoms. The third-order valence-electron chi connectivity index (χ3n) is 3.45. The van der Waals surface area contributed by atoms with E-state index in [1.807, 2.05) is 32.0 Å². The lowest BCUT2D eigenvalue weighted by atomic mass is 9.90. The highest BCUT2D eigenvalue weighted by Crippen LogP contribution is 2.28. The van der Waals surface area contributed by atoms with Crippen molar-refractivity contribution in [3.05, 3.63) is 30.3 Å². The molecule has 0 fully saturated rings. The van der Waals surface area contributed by atoms with Crippen LogP contribution in [0.5, 0.6) is 0 Å². The van der Waals surface area contributed by atoms with Crippen molar-refractivity contribution in [3.63, 3.8) is 0 Å². The molecule has 1 aromatic carbocycles. The zero-order valence-corrected chi connectivity index (χ0v) is 12.7. The second-order valence-corrected chi connectivity index (χ2v) is 9.85. The summed E-state index contributed by atoms with van der Waals surface area (Å²) in [7, 11) is -1.98. The summed E-state index contributed by atoms with van der Waals surface area (Å²) in [4.78, 5) is 0.